The molecule has 6 atom stereocenters. The van der Waals surface area contributed by atoms with Gasteiger partial charge >= 0.3 is 23.9 Å². The quantitative estimate of drug-likeness (QED) is 0.0341. The fraction of sp³-hybridized carbons (Fsp3) is 0.550. The highest BCUT2D eigenvalue weighted by Crippen LogP contribution is 2.32. The van der Waals surface area contributed by atoms with Crippen molar-refractivity contribution >= 4 is 90.3 Å². The zero-order valence-electron chi connectivity index (χ0n) is 37.7. The summed E-state index contributed by atoms with van der Waals surface area (Å²) < 4.78 is 9.37. The van der Waals surface area contributed by atoms with E-state index in [1.165, 1.54) is 21.9 Å². The summed E-state index contributed by atoms with van der Waals surface area (Å²) in [5.41, 5.74) is 32.5. The number of hydrogen-bond donors (Lipinski definition) is 6. The van der Waals surface area contributed by atoms with Crippen molar-refractivity contribution in [3.8, 4) is 0 Å². The second kappa shape index (κ2) is 29.9. The number of halogens is 2. The number of esters is 4. The third kappa shape index (κ3) is 18.1. The van der Waals surface area contributed by atoms with E-state index < -0.39 is 114 Å². The van der Waals surface area contributed by atoms with Crippen LogP contribution in [0.4, 0.5) is 22.7 Å². The summed E-state index contributed by atoms with van der Waals surface area (Å²) in [6.45, 7) is 1.81. The third-order valence-electron chi connectivity index (χ3n) is 10.8. The van der Waals surface area contributed by atoms with Crippen LogP contribution in [-0.4, -0.2) is 126 Å². The molecule has 0 saturated carbocycles. The van der Waals surface area contributed by atoms with Crippen molar-refractivity contribution in [3.05, 3.63) is 88.0 Å². The molecule has 2 amide bonds. The SMILES string of the molecule is NC(CCC[C@@H](N)C(=O)N1CCC[C@@H]1C(=O)OC(=O)CBr)c1ccc([N+](=O)[O-])cc1[N+](=O)[O-].NC(CCC[C@H](N)C(=O)N1CCC[C@H]1C(=O)OC(=O)CBr)c1ccc([N+](=O)[O-])cc1[N+](=O)[O-].NCCN. The molecule has 2 aromatic carbocycles. The number of alkyl halides is 2. The standard InChI is InChI=1S/2C19H24BrN5O8.C2H8N2/c2*20-10-17(26)33-19(28)15-5-2-8-23(15)18(27)14(22)4-1-3-13(21)12-7-6-11(24(29)30)9-16(12)25(31)32;3-1-2-4/h2*6-7,9,13-15H,1-5,8,10,21-22H2;1-4H2/t2*13?,14-,15-;/m10./s1. The van der Waals surface area contributed by atoms with E-state index >= 15 is 0 Å². The number of nitro groups is 4. The van der Waals surface area contributed by atoms with Crippen molar-refractivity contribution in [2.45, 2.75) is 100 Å². The number of ether oxygens (including phenoxy) is 2. The second-order valence-electron chi connectivity index (χ2n) is 15.6. The monoisotopic (exact) mass is 1120 g/mol. The van der Waals surface area contributed by atoms with Crippen molar-refractivity contribution in [2.24, 2.45) is 34.4 Å². The molecule has 0 aliphatic carbocycles. The van der Waals surface area contributed by atoms with E-state index in [1.807, 2.05) is 0 Å². The molecule has 28 nitrogen and oxygen atoms in total. The van der Waals surface area contributed by atoms with Gasteiger partial charge in [0.1, 0.15) is 22.7 Å². The van der Waals surface area contributed by atoms with E-state index in [0.29, 0.717) is 64.7 Å². The van der Waals surface area contributed by atoms with E-state index in [2.05, 4.69) is 41.3 Å². The van der Waals surface area contributed by atoms with Crippen LogP contribution in [0, 0.1) is 40.5 Å². The molecule has 12 N–H and O–H groups in total. The molecule has 0 bridgehead atoms. The van der Waals surface area contributed by atoms with Crippen LogP contribution in [0.25, 0.3) is 0 Å². The fourth-order valence-electron chi connectivity index (χ4n) is 7.30. The summed E-state index contributed by atoms with van der Waals surface area (Å²) >= 11 is 5.79. The lowest BCUT2D eigenvalue weighted by Crippen LogP contribution is -2.49. The Bertz CT molecular complexity index is 2070. The first-order chi connectivity index (χ1) is 33.0. The fourth-order valence-corrected chi connectivity index (χ4v) is 7.53. The Morgan fingerprint density at radius 1 is 0.586 bits per heavy atom. The topological polar surface area (TPSA) is 456 Å². The van der Waals surface area contributed by atoms with Crippen LogP contribution in [0.3, 0.4) is 0 Å². The van der Waals surface area contributed by atoms with Crippen molar-refractivity contribution in [1.29, 1.82) is 0 Å². The Hall–Kier alpha value is -6.02. The zero-order chi connectivity index (χ0) is 52.8. The summed E-state index contributed by atoms with van der Waals surface area (Å²) in [4.78, 5) is 116. The van der Waals surface area contributed by atoms with E-state index in [0.717, 1.165) is 24.3 Å². The number of amides is 2. The van der Waals surface area contributed by atoms with Gasteiger partial charge < -0.3 is 53.7 Å². The maximum atomic E-state index is 12.7. The first kappa shape index (κ1) is 60.1. The zero-order valence-corrected chi connectivity index (χ0v) is 40.8. The van der Waals surface area contributed by atoms with Crippen LogP contribution >= 0.6 is 31.9 Å². The molecular formula is C40H56Br2N12O16. The Balaban J connectivity index is 0.000000446. The van der Waals surface area contributed by atoms with Crippen molar-refractivity contribution in [2.75, 3.05) is 36.8 Å². The number of carbonyl (C=O) groups excluding carboxylic acids is 6. The largest absolute Gasteiger partial charge is 0.391 e. The third-order valence-corrected chi connectivity index (χ3v) is 11.7. The van der Waals surface area contributed by atoms with Crippen molar-refractivity contribution < 1.29 is 57.9 Å². The molecule has 2 saturated heterocycles. The lowest BCUT2D eigenvalue weighted by Gasteiger charge is -2.26. The van der Waals surface area contributed by atoms with Crippen LogP contribution in [-0.2, 0) is 38.2 Å². The Labute approximate surface area is 416 Å². The highest BCUT2D eigenvalue weighted by molar-refractivity contribution is 9.09. The number of nitrogens with two attached hydrogens (primary N) is 6. The number of benzene rings is 2. The minimum atomic E-state index is -0.940. The molecule has 386 valence electrons. The average molecular weight is 1120 g/mol. The van der Waals surface area contributed by atoms with Gasteiger partial charge in [-0.25, -0.2) is 9.59 Å². The Morgan fingerprint density at radius 2 is 0.929 bits per heavy atom. The summed E-state index contributed by atoms with van der Waals surface area (Å²) in [5, 5.41) is 44.0. The molecule has 2 unspecified atom stereocenters. The second-order valence-corrected chi connectivity index (χ2v) is 16.7. The van der Waals surface area contributed by atoms with Crippen LogP contribution in [0.1, 0.15) is 87.4 Å². The summed E-state index contributed by atoms with van der Waals surface area (Å²) in [5.74, 6) is -4.03. The lowest BCUT2D eigenvalue weighted by atomic mass is 9.98. The number of non-ortho nitro benzene ring substituents is 2. The van der Waals surface area contributed by atoms with Gasteiger partial charge in [-0.2, -0.15) is 0 Å². The molecule has 2 aliphatic rings. The molecule has 4 rings (SSSR count). The van der Waals surface area contributed by atoms with Crippen LogP contribution in [0.15, 0.2) is 36.4 Å². The van der Waals surface area contributed by atoms with Crippen molar-refractivity contribution in [1.82, 2.24) is 9.80 Å². The molecule has 2 heterocycles. The molecular weight excluding hydrogens is 1060 g/mol. The normalized spacial score (nSPS) is 16.7. The van der Waals surface area contributed by atoms with Gasteiger partial charge in [-0.15, -0.1) is 0 Å². The van der Waals surface area contributed by atoms with E-state index in [1.54, 1.807) is 0 Å². The van der Waals surface area contributed by atoms with Crippen LogP contribution in [0.5, 0.6) is 0 Å². The summed E-state index contributed by atoms with van der Waals surface area (Å²) in [7, 11) is 0. The smallest absolute Gasteiger partial charge is 0.336 e. The first-order valence-electron chi connectivity index (χ1n) is 21.5. The number of carbonyl (C=O) groups is 6. The minimum Gasteiger partial charge on any atom is -0.391 e. The summed E-state index contributed by atoms with van der Waals surface area (Å²) in [6.07, 6.45) is 3.42. The van der Waals surface area contributed by atoms with Gasteiger partial charge in [0.2, 0.25) is 11.8 Å². The summed E-state index contributed by atoms with van der Waals surface area (Å²) in [6, 6.07) is 1.28. The molecule has 2 fully saturated rings. The maximum absolute atomic E-state index is 12.7. The number of hydrogen-bond acceptors (Lipinski definition) is 22. The average Bonchev–Trinajstić information content (AvgIpc) is 4.04. The number of likely N-dealkylation sites (tertiary alicyclic amines) is 2. The van der Waals surface area contributed by atoms with E-state index in [9.17, 15) is 69.2 Å². The predicted molar refractivity (Wildman–Crippen MR) is 254 cm³/mol. The Kier molecular flexibility index (Phi) is 25.7. The van der Waals surface area contributed by atoms with Gasteiger partial charge in [0.15, 0.2) is 0 Å². The molecule has 2 aliphatic heterocycles. The van der Waals surface area contributed by atoms with Gasteiger partial charge in [0.25, 0.3) is 22.7 Å². The van der Waals surface area contributed by atoms with Gasteiger partial charge in [-0.05, 0) is 76.3 Å². The Morgan fingerprint density at radius 3 is 1.21 bits per heavy atom. The van der Waals surface area contributed by atoms with E-state index in [4.69, 9.17) is 34.4 Å². The lowest BCUT2D eigenvalue weighted by molar-refractivity contribution is -0.395. The maximum Gasteiger partial charge on any atom is 0.336 e. The van der Waals surface area contributed by atoms with Gasteiger partial charge in [-0.1, -0.05) is 31.9 Å². The molecule has 2 aromatic rings. The van der Waals surface area contributed by atoms with Gasteiger partial charge in [-0.3, -0.25) is 59.6 Å². The number of nitro benzene ring substituents is 4. The van der Waals surface area contributed by atoms with Crippen molar-refractivity contribution in [3.63, 3.8) is 0 Å². The van der Waals surface area contributed by atoms with Gasteiger partial charge in [0, 0.05) is 61.5 Å². The van der Waals surface area contributed by atoms with Crippen LogP contribution in [0.2, 0.25) is 0 Å². The highest BCUT2D eigenvalue weighted by atomic mass is 79.9. The molecule has 30 heteroatoms. The molecule has 70 heavy (non-hydrogen) atoms. The minimum absolute atomic E-state index is 0.143. The number of nitrogens with zero attached hydrogens (tertiary/aromatic N) is 6. The van der Waals surface area contributed by atoms with Crippen LogP contribution < -0.4 is 34.4 Å². The first-order valence-corrected chi connectivity index (χ1v) is 23.8. The molecule has 0 aromatic heterocycles. The number of rotatable bonds is 21. The van der Waals surface area contributed by atoms with Gasteiger partial charge in [0.05, 0.1) is 43.9 Å². The molecule has 0 spiro atoms. The highest BCUT2D eigenvalue weighted by Gasteiger charge is 2.39. The van der Waals surface area contributed by atoms with E-state index in [-0.39, 0.29) is 47.5 Å². The predicted octanol–water partition coefficient (Wildman–Crippen LogP) is 1.82. The molecule has 0 radical (unpaired) electrons.